The first kappa shape index (κ1) is 37.5. The number of hydrogen-bond donors (Lipinski definition) is 0. The van der Waals surface area contributed by atoms with Crippen LogP contribution in [0.5, 0.6) is 0 Å². The van der Waals surface area contributed by atoms with E-state index in [2.05, 4.69) is 0 Å². The van der Waals surface area contributed by atoms with E-state index >= 15 is 0 Å². The molecular formula is C3KN3Ru. The van der Waals surface area contributed by atoms with Crippen LogP contribution in [0.1, 0.15) is 0 Å². The monoisotopic (exact) mass is 219 g/mol. The van der Waals surface area contributed by atoms with Crippen LogP contribution < -0.4 is 51.4 Å². The van der Waals surface area contributed by atoms with Gasteiger partial charge >= 0.3 is 70.9 Å². The van der Waals surface area contributed by atoms with Gasteiger partial charge in [0.1, 0.15) is 0 Å². The fourth-order valence-electron chi connectivity index (χ4n) is 0. The van der Waals surface area contributed by atoms with Crippen LogP contribution in [0.3, 0.4) is 0 Å². The Labute approximate surface area is 104 Å². The Morgan fingerprint density at radius 3 is 0.625 bits per heavy atom. The molecule has 0 aromatic carbocycles. The summed E-state index contributed by atoms with van der Waals surface area (Å²) in [6.45, 7) is 14.2. The largest absolute Gasteiger partial charge is 2.00 e. The second kappa shape index (κ2) is 657. The molecule has 36 valence electrons. The summed E-state index contributed by atoms with van der Waals surface area (Å²) in [5.74, 6) is 0. The molecule has 0 bridgehead atoms. The van der Waals surface area contributed by atoms with Gasteiger partial charge in [0.25, 0.3) is 0 Å². The van der Waals surface area contributed by atoms with Crippen molar-refractivity contribution in [3.05, 3.63) is 19.7 Å². The fourth-order valence-corrected chi connectivity index (χ4v) is 0. The van der Waals surface area contributed by atoms with E-state index in [-0.39, 0.29) is 70.9 Å². The minimum absolute atomic E-state index is 0. The van der Waals surface area contributed by atoms with E-state index in [0.717, 1.165) is 0 Å². The summed E-state index contributed by atoms with van der Waals surface area (Å²) in [6, 6.07) is 0. The molecule has 0 aliphatic heterocycles. The van der Waals surface area contributed by atoms with Gasteiger partial charge in [-0.05, 0) is 0 Å². The van der Waals surface area contributed by atoms with Crippen molar-refractivity contribution < 1.29 is 70.9 Å². The van der Waals surface area contributed by atoms with Gasteiger partial charge in [0.2, 0.25) is 0 Å². The van der Waals surface area contributed by atoms with Crippen LogP contribution in [-0.2, 0) is 19.5 Å². The molecule has 0 saturated heterocycles. The first-order chi connectivity index (χ1) is 3.00. The molecule has 0 atom stereocenters. The average Bonchev–Trinajstić information content (AvgIpc) is 1.81. The summed E-state index contributed by atoms with van der Waals surface area (Å²) in [4.78, 5) is 0. The Balaban J connectivity index is -0.00000000500. The molecule has 8 heavy (non-hydrogen) atoms. The van der Waals surface area contributed by atoms with Gasteiger partial charge in [0.05, 0.1) is 0 Å². The maximum atomic E-state index is 6.25. The predicted octanol–water partition coefficient (Wildman–Crippen LogP) is -2.71. The Hall–Kier alpha value is 0.730. The van der Waals surface area contributed by atoms with E-state index in [1.54, 1.807) is 0 Å². The van der Waals surface area contributed by atoms with Gasteiger partial charge < -0.3 is 35.5 Å². The molecule has 0 radical (unpaired) electrons. The van der Waals surface area contributed by atoms with Gasteiger partial charge in [-0.15, -0.1) is 0 Å². The zero-order valence-corrected chi connectivity index (χ0v) is 9.06. The fraction of sp³-hybridized carbons (Fsp3) is 0. The zero-order valence-electron chi connectivity index (χ0n) is 4.20. The van der Waals surface area contributed by atoms with Crippen LogP contribution in [0, 0.1) is 35.5 Å². The van der Waals surface area contributed by atoms with Gasteiger partial charge in [0.15, 0.2) is 0 Å². The van der Waals surface area contributed by atoms with Crippen LogP contribution in [-0.4, -0.2) is 0 Å². The normalized spacial score (nSPS) is 0.750. The van der Waals surface area contributed by atoms with E-state index in [9.17, 15) is 0 Å². The zero-order chi connectivity index (χ0) is 6.00. The summed E-state index contributed by atoms with van der Waals surface area (Å²) < 4.78 is 0. The minimum atomic E-state index is 0. The topological polar surface area (TPSA) is 71.4 Å². The van der Waals surface area contributed by atoms with E-state index < -0.39 is 0 Å². The van der Waals surface area contributed by atoms with Gasteiger partial charge in [-0.25, -0.2) is 0 Å². The third-order valence-electron chi connectivity index (χ3n) is 0. The van der Waals surface area contributed by atoms with Gasteiger partial charge in [-0.2, -0.15) is 0 Å². The Morgan fingerprint density at radius 2 is 0.625 bits per heavy atom. The van der Waals surface area contributed by atoms with Crippen molar-refractivity contribution in [2.75, 3.05) is 0 Å². The van der Waals surface area contributed by atoms with E-state index in [1.807, 2.05) is 0 Å². The molecule has 3 nitrogen and oxygen atoms in total. The van der Waals surface area contributed by atoms with Crippen LogP contribution in [0.15, 0.2) is 0 Å². The van der Waals surface area contributed by atoms with Crippen LogP contribution in [0.25, 0.3) is 0 Å². The van der Waals surface area contributed by atoms with Gasteiger partial charge in [0, 0.05) is 0 Å². The minimum Gasteiger partial charge on any atom is -0.512 e. The van der Waals surface area contributed by atoms with Crippen molar-refractivity contribution in [3.63, 3.8) is 0 Å². The van der Waals surface area contributed by atoms with Crippen molar-refractivity contribution in [2.45, 2.75) is 0 Å². The third kappa shape index (κ3) is 415. The Morgan fingerprint density at radius 1 is 0.625 bits per heavy atom. The summed E-state index contributed by atoms with van der Waals surface area (Å²) >= 11 is 0. The first-order valence-corrected chi connectivity index (χ1v) is 0.671. The van der Waals surface area contributed by atoms with Crippen LogP contribution in [0.4, 0.5) is 0 Å². The first-order valence-electron chi connectivity index (χ1n) is 0.671. The van der Waals surface area contributed by atoms with Gasteiger partial charge in [-0.1, -0.05) is 0 Å². The van der Waals surface area contributed by atoms with Crippen molar-refractivity contribution >= 4 is 0 Å². The average molecular weight is 218 g/mol. The molecule has 0 N–H and O–H groups in total. The SMILES string of the molecule is [C-]#N.[C-]#N.[C-]#N.[K+].[Ru+2]. The van der Waals surface area contributed by atoms with Crippen LogP contribution in [0.2, 0.25) is 0 Å². The van der Waals surface area contributed by atoms with Gasteiger partial charge in [-0.3, -0.25) is 0 Å². The second-order valence-corrected chi connectivity index (χ2v) is 0. The van der Waals surface area contributed by atoms with Crippen molar-refractivity contribution in [2.24, 2.45) is 0 Å². The maximum absolute atomic E-state index is 6.25. The quantitative estimate of drug-likeness (QED) is 0.328. The molecule has 0 rings (SSSR count). The molecule has 0 aromatic heterocycles. The number of nitrogens with zero attached hydrogens (tertiary/aromatic N) is 3. The Bertz CT molecular complexity index is 43.0. The van der Waals surface area contributed by atoms with Crippen LogP contribution >= 0.6 is 0 Å². The Kier molecular flexibility index (Phi) is 3080. The number of rotatable bonds is 0. The summed E-state index contributed by atoms with van der Waals surface area (Å²) in [7, 11) is 0. The smallest absolute Gasteiger partial charge is 0.512 e. The summed E-state index contributed by atoms with van der Waals surface area (Å²) in [5, 5.41) is 18.8. The molecule has 0 aliphatic carbocycles. The maximum Gasteiger partial charge on any atom is 2.00 e. The van der Waals surface area contributed by atoms with E-state index in [4.69, 9.17) is 35.5 Å². The summed E-state index contributed by atoms with van der Waals surface area (Å²) in [6.07, 6.45) is 0. The number of hydrogen-bond acceptors (Lipinski definition) is 3. The second-order valence-electron chi connectivity index (χ2n) is 0. The van der Waals surface area contributed by atoms with Crippen molar-refractivity contribution in [1.29, 1.82) is 15.8 Å². The van der Waals surface area contributed by atoms with E-state index in [0.29, 0.717) is 0 Å². The van der Waals surface area contributed by atoms with E-state index in [1.165, 1.54) is 0 Å². The molecule has 0 fully saturated rings. The molecule has 0 spiro atoms. The van der Waals surface area contributed by atoms with Crippen molar-refractivity contribution in [1.82, 2.24) is 0 Å². The standard InChI is InChI=1S/3CN.K.Ru/c3*1-2;;/q3*-1;+1;+2. The molecule has 0 heterocycles. The molecule has 5 heteroatoms. The molecule has 0 aliphatic rings. The molecule has 0 amide bonds. The third-order valence-corrected chi connectivity index (χ3v) is 0. The molecular weight excluding hydrogens is 218 g/mol. The summed E-state index contributed by atoms with van der Waals surface area (Å²) in [5.41, 5.74) is 0. The molecule has 0 saturated carbocycles. The molecule has 0 unspecified atom stereocenters. The molecule has 0 aromatic rings. The predicted molar refractivity (Wildman–Crippen MR) is 14.9 cm³/mol. The van der Waals surface area contributed by atoms with Crippen molar-refractivity contribution in [3.8, 4) is 0 Å².